The average Bonchev–Trinajstić information content (AvgIpc) is 2.83. The first-order valence-corrected chi connectivity index (χ1v) is 5.15. The van der Waals surface area contributed by atoms with E-state index >= 15 is 0 Å². The zero-order valence-electron chi connectivity index (χ0n) is 8.26. The Kier molecular flexibility index (Phi) is 2.77. The van der Waals surface area contributed by atoms with E-state index in [4.69, 9.17) is 5.11 Å². The molecule has 0 unspecified atom stereocenters. The van der Waals surface area contributed by atoms with E-state index in [1.165, 1.54) is 0 Å². The summed E-state index contributed by atoms with van der Waals surface area (Å²) >= 11 is 1.08. The molecule has 0 atom stereocenters. The maximum Gasteiger partial charge on any atom is 0.347 e. The zero-order valence-corrected chi connectivity index (χ0v) is 9.08. The summed E-state index contributed by atoms with van der Waals surface area (Å²) < 4.78 is 0. The number of H-pyrrole nitrogens is 1. The van der Waals surface area contributed by atoms with E-state index < -0.39 is 5.97 Å². The Bertz CT molecular complexity index is 493. The molecule has 0 aromatic carbocycles. The molecule has 8 nitrogen and oxygen atoms in total. The number of hydrogen-bond acceptors (Lipinski definition) is 7. The van der Waals surface area contributed by atoms with Crippen LogP contribution in [-0.2, 0) is 6.54 Å². The Labute approximate surface area is 93.7 Å². The number of tetrazole rings is 1. The molecule has 0 radical (unpaired) electrons. The van der Waals surface area contributed by atoms with Gasteiger partial charge in [0, 0.05) is 0 Å². The van der Waals surface area contributed by atoms with Crippen LogP contribution in [0.1, 0.15) is 21.2 Å². The van der Waals surface area contributed by atoms with Crippen LogP contribution < -0.4 is 5.32 Å². The Morgan fingerprint density at radius 3 is 3.00 bits per heavy atom. The number of carboxylic acids is 1. The predicted octanol–water partition coefficient (Wildman–Crippen LogP) is 0.275. The summed E-state index contributed by atoms with van der Waals surface area (Å²) in [5, 5.41) is 25.5. The molecule has 0 fully saturated rings. The molecule has 2 rings (SSSR count). The van der Waals surface area contributed by atoms with Gasteiger partial charge in [-0.1, -0.05) is 16.6 Å². The molecule has 0 aliphatic heterocycles. The highest BCUT2D eigenvalue weighted by Gasteiger charge is 2.13. The molecule has 84 valence electrons. The van der Waals surface area contributed by atoms with Gasteiger partial charge in [0.15, 0.2) is 11.0 Å². The van der Waals surface area contributed by atoms with E-state index in [9.17, 15) is 4.79 Å². The van der Waals surface area contributed by atoms with Crippen molar-refractivity contribution in [3.05, 3.63) is 16.4 Å². The first-order chi connectivity index (χ1) is 7.66. The quantitative estimate of drug-likeness (QED) is 0.702. The SMILES string of the molecule is Cc1nc(NCc2nn[nH]n2)sc1C(=O)O. The minimum atomic E-state index is -0.970. The first-order valence-electron chi connectivity index (χ1n) is 4.33. The summed E-state index contributed by atoms with van der Waals surface area (Å²) in [6.45, 7) is 2.00. The van der Waals surface area contributed by atoms with Gasteiger partial charge in [-0.25, -0.2) is 9.78 Å². The van der Waals surface area contributed by atoms with Crippen LogP contribution in [-0.4, -0.2) is 36.7 Å². The van der Waals surface area contributed by atoms with Gasteiger partial charge in [0.2, 0.25) is 0 Å². The van der Waals surface area contributed by atoms with Gasteiger partial charge >= 0.3 is 5.97 Å². The molecule has 0 saturated heterocycles. The van der Waals surface area contributed by atoms with Gasteiger partial charge < -0.3 is 10.4 Å². The lowest BCUT2D eigenvalue weighted by Crippen LogP contribution is -2.00. The monoisotopic (exact) mass is 240 g/mol. The van der Waals surface area contributed by atoms with E-state index in [1.807, 2.05) is 0 Å². The number of aromatic nitrogens is 5. The molecule has 2 heterocycles. The predicted molar refractivity (Wildman–Crippen MR) is 55.3 cm³/mol. The molecule has 0 aliphatic carbocycles. The van der Waals surface area contributed by atoms with Gasteiger partial charge in [-0.15, -0.1) is 10.2 Å². The van der Waals surface area contributed by atoms with E-state index in [0.29, 0.717) is 23.2 Å². The van der Waals surface area contributed by atoms with Crippen molar-refractivity contribution in [3.63, 3.8) is 0 Å². The second-order valence-corrected chi connectivity index (χ2v) is 3.92. The molecule has 0 aliphatic rings. The number of aromatic carboxylic acids is 1. The van der Waals surface area contributed by atoms with Gasteiger partial charge in [-0.2, -0.15) is 5.21 Å². The number of carbonyl (C=O) groups is 1. The second kappa shape index (κ2) is 4.23. The number of rotatable bonds is 4. The van der Waals surface area contributed by atoms with Crippen molar-refractivity contribution in [3.8, 4) is 0 Å². The molecule has 0 spiro atoms. The number of nitrogens with zero attached hydrogens (tertiary/aromatic N) is 4. The molecule has 2 aromatic rings. The highest BCUT2D eigenvalue weighted by molar-refractivity contribution is 7.17. The number of aryl methyl sites for hydroxylation is 1. The maximum absolute atomic E-state index is 10.8. The van der Waals surface area contributed by atoms with Crippen LogP contribution in [0, 0.1) is 6.92 Å². The van der Waals surface area contributed by atoms with Gasteiger partial charge in [-0.05, 0) is 6.92 Å². The number of nitrogens with one attached hydrogen (secondary N) is 2. The van der Waals surface area contributed by atoms with Gasteiger partial charge in [0.1, 0.15) is 4.88 Å². The summed E-state index contributed by atoms with van der Waals surface area (Å²) in [5.41, 5.74) is 0.494. The highest BCUT2D eigenvalue weighted by atomic mass is 32.1. The molecule has 3 N–H and O–H groups in total. The van der Waals surface area contributed by atoms with Crippen LogP contribution in [0.3, 0.4) is 0 Å². The minimum absolute atomic E-state index is 0.232. The van der Waals surface area contributed by atoms with Crippen LogP contribution in [0.15, 0.2) is 0 Å². The van der Waals surface area contributed by atoms with Crippen molar-refractivity contribution in [2.24, 2.45) is 0 Å². The fourth-order valence-corrected chi connectivity index (χ4v) is 1.88. The molecule has 16 heavy (non-hydrogen) atoms. The molecule has 2 aromatic heterocycles. The number of carboxylic acid groups (broad SMARTS) is 1. The summed E-state index contributed by atoms with van der Waals surface area (Å²) in [7, 11) is 0. The van der Waals surface area contributed by atoms with Crippen molar-refractivity contribution >= 4 is 22.4 Å². The van der Waals surface area contributed by atoms with E-state index in [-0.39, 0.29) is 4.88 Å². The van der Waals surface area contributed by atoms with Crippen LogP contribution in [0.25, 0.3) is 0 Å². The third kappa shape index (κ3) is 2.14. The summed E-state index contributed by atoms with van der Waals surface area (Å²) in [4.78, 5) is 15.1. The summed E-state index contributed by atoms with van der Waals surface area (Å²) in [6.07, 6.45) is 0. The van der Waals surface area contributed by atoms with E-state index in [1.54, 1.807) is 6.92 Å². The number of hydrogen-bond donors (Lipinski definition) is 3. The largest absolute Gasteiger partial charge is 0.477 e. The number of thiazole rings is 1. The van der Waals surface area contributed by atoms with Crippen molar-refractivity contribution in [1.82, 2.24) is 25.6 Å². The minimum Gasteiger partial charge on any atom is -0.477 e. The highest BCUT2D eigenvalue weighted by Crippen LogP contribution is 2.22. The molecule has 0 amide bonds. The number of anilines is 1. The Hall–Kier alpha value is -2.03. The van der Waals surface area contributed by atoms with Crippen molar-refractivity contribution < 1.29 is 9.90 Å². The standard InChI is InChI=1S/C7H8N6O2S/c1-3-5(6(14)15)16-7(9-3)8-2-4-10-12-13-11-4/h2H2,1H3,(H,8,9)(H,14,15)(H,10,11,12,13). The summed E-state index contributed by atoms with van der Waals surface area (Å²) in [6, 6.07) is 0. The smallest absolute Gasteiger partial charge is 0.347 e. The number of aromatic amines is 1. The van der Waals surface area contributed by atoms with Gasteiger partial charge in [-0.3, -0.25) is 0 Å². The average molecular weight is 240 g/mol. The van der Waals surface area contributed by atoms with Crippen LogP contribution in [0.4, 0.5) is 5.13 Å². The molecular weight excluding hydrogens is 232 g/mol. The molecule has 9 heteroatoms. The molecular formula is C7H8N6O2S. The third-order valence-corrected chi connectivity index (χ3v) is 2.88. The molecule has 0 saturated carbocycles. The fourth-order valence-electron chi connectivity index (χ4n) is 1.08. The maximum atomic E-state index is 10.8. The lowest BCUT2D eigenvalue weighted by Gasteiger charge is -1.95. The first kappa shape index (κ1) is 10.5. The Morgan fingerprint density at radius 1 is 1.62 bits per heavy atom. The summed E-state index contributed by atoms with van der Waals surface area (Å²) in [5.74, 6) is -0.479. The molecule has 0 bridgehead atoms. The Balaban J connectivity index is 2.05. The van der Waals surface area contributed by atoms with Crippen LogP contribution in [0.5, 0.6) is 0 Å². The van der Waals surface area contributed by atoms with E-state index in [2.05, 4.69) is 30.9 Å². The second-order valence-electron chi connectivity index (χ2n) is 2.92. The van der Waals surface area contributed by atoms with Crippen molar-refractivity contribution in [2.45, 2.75) is 13.5 Å². The lowest BCUT2D eigenvalue weighted by molar-refractivity contribution is 0.0701. The Morgan fingerprint density at radius 2 is 2.44 bits per heavy atom. The van der Waals surface area contributed by atoms with Gasteiger partial charge in [0.25, 0.3) is 0 Å². The van der Waals surface area contributed by atoms with Gasteiger partial charge in [0.05, 0.1) is 12.2 Å². The van der Waals surface area contributed by atoms with E-state index in [0.717, 1.165) is 11.3 Å². The van der Waals surface area contributed by atoms with Crippen LogP contribution >= 0.6 is 11.3 Å². The van der Waals surface area contributed by atoms with Crippen molar-refractivity contribution in [2.75, 3.05) is 5.32 Å². The fraction of sp³-hybridized carbons (Fsp3) is 0.286. The third-order valence-electron chi connectivity index (χ3n) is 1.78. The van der Waals surface area contributed by atoms with Crippen LogP contribution in [0.2, 0.25) is 0 Å². The zero-order chi connectivity index (χ0) is 11.5. The topological polar surface area (TPSA) is 117 Å². The van der Waals surface area contributed by atoms with Crippen molar-refractivity contribution in [1.29, 1.82) is 0 Å². The lowest BCUT2D eigenvalue weighted by atomic mass is 10.4. The normalized spacial score (nSPS) is 10.3.